The normalized spacial score (nSPS) is 30.9. The molecule has 0 spiro atoms. The molecule has 0 amide bonds. The average molecular weight is 182 g/mol. The van der Waals surface area contributed by atoms with Gasteiger partial charge in [-0.1, -0.05) is 6.42 Å². The maximum Gasteiger partial charge on any atom is 0.00792 e. The molecule has 0 unspecified atom stereocenters. The Balaban J connectivity index is 1.60. The van der Waals surface area contributed by atoms with Crippen molar-refractivity contribution in [1.82, 2.24) is 10.2 Å². The zero-order chi connectivity index (χ0) is 8.93. The summed E-state index contributed by atoms with van der Waals surface area (Å²) in [5, 5.41) is 3.62. The highest BCUT2D eigenvalue weighted by molar-refractivity contribution is 4.75. The molecule has 2 heterocycles. The summed E-state index contributed by atoms with van der Waals surface area (Å²) < 4.78 is 0. The Hall–Kier alpha value is -0.0800. The first kappa shape index (κ1) is 9.47. The molecule has 2 saturated heterocycles. The van der Waals surface area contributed by atoms with Crippen LogP contribution >= 0.6 is 0 Å². The molecule has 1 atom stereocenters. The standard InChI is InChI=1S/C11H22N2/c1-2-7-12-11(5-1)6-10-13-8-3-4-9-13/h11-12H,1-10H2/t11-/m0/s1. The van der Waals surface area contributed by atoms with Crippen molar-refractivity contribution < 1.29 is 0 Å². The Labute approximate surface area is 81.7 Å². The number of piperidine rings is 1. The molecular formula is C11H22N2. The van der Waals surface area contributed by atoms with E-state index in [4.69, 9.17) is 0 Å². The van der Waals surface area contributed by atoms with Crippen LogP contribution in [0.4, 0.5) is 0 Å². The molecule has 2 aliphatic heterocycles. The van der Waals surface area contributed by atoms with Crippen LogP contribution in [0, 0.1) is 0 Å². The van der Waals surface area contributed by atoms with Crippen LogP contribution in [0.25, 0.3) is 0 Å². The lowest BCUT2D eigenvalue weighted by atomic mass is 10.0. The topological polar surface area (TPSA) is 15.3 Å². The SMILES string of the molecule is C1CC[C@@H](CCN2CCCC2)NC1. The van der Waals surface area contributed by atoms with Gasteiger partial charge in [-0.2, -0.15) is 0 Å². The highest BCUT2D eigenvalue weighted by Crippen LogP contribution is 2.13. The molecule has 1 N–H and O–H groups in total. The van der Waals surface area contributed by atoms with Crippen molar-refractivity contribution in [3.8, 4) is 0 Å². The second-order valence-corrected chi connectivity index (χ2v) is 4.48. The Kier molecular flexibility index (Phi) is 3.62. The van der Waals surface area contributed by atoms with Crippen molar-refractivity contribution in [2.24, 2.45) is 0 Å². The van der Waals surface area contributed by atoms with Crippen LogP contribution in [0.1, 0.15) is 38.5 Å². The van der Waals surface area contributed by atoms with Crippen LogP contribution in [0.15, 0.2) is 0 Å². The highest BCUT2D eigenvalue weighted by Gasteiger charge is 2.15. The fourth-order valence-corrected chi connectivity index (χ4v) is 2.52. The molecule has 13 heavy (non-hydrogen) atoms. The summed E-state index contributed by atoms with van der Waals surface area (Å²) in [6.07, 6.45) is 8.47. The minimum Gasteiger partial charge on any atom is -0.314 e. The largest absolute Gasteiger partial charge is 0.314 e. The van der Waals surface area contributed by atoms with Gasteiger partial charge in [0.2, 0.25) is 0 Å². The molecule has 0 aliphatic carbocycles. The van der Waals surface area contributed by atoms with Crippen molar-refractivity contribution in [2.45, 2.75) is 44.6 Å². The quantitative estimate of drug-likeness (QED) is 0.713. The van der Waals surface area contributed by atoms with E-state index in [1.807, 2.05) is 0 Å². The van der Waals surface area contributed by atoms with Crippen LogP contribution in [0.2, 0.25) is 0 Å². The van der Waals surface area contributed by atoms with E-state index in [0.717, 1.165) is 6.04 Å². The lowest BCUT2D eigenvalue weighted by Gasteiger charge is -2.25. The van der Waals surface area contributed by atoms with Crippen molar-refractivity contribution in [3.63, 3.8) is 0 Å². The fraction of sp³-hybridized carbons (Fsp3) is 1.00. The predicted octanol–water partition coefficient (Wildman–Crippen LogP) is 1.61. The molecule has 2 aliphatic rings. The van der Waals surface area contributed by atoms with E-state index in [-0.39, 0.29) is 0 Å². The number of nitrogens with one attached hydrogen (secondary N) is 1. The van der Waals surface area contributed by atoms with Crippen LogP contribution in [-0.2, 0) is 0 Å². The van der Waals surface area contributed by atoms with E-state index in [0.29, 0.717) is 0 Å². The fourth-order valence-electron chi connectivity index (χ4n) is 2.52. The average Bonchev–Trinajstić information content (AvgIpc) is 2.69. The summed E-state index contributed by atoms with van der Waals surface area (Å²) in [6.45, 7) is 5.29. The lowest BCUT2D eigenvalue weighted by molar-refractivity contribution is 0.289. The summed E-state index contributed by atoms with van der Waals surface area (Å²) >= 11 is 0. The van der Waals surface area contributed by atoms with Gasteiger partial charge >= 0.3 is 0 Å². The van der Waals surface area contributed by atoms with Gasteiger partial charge < -0.3 is 10.2 Å². The Morgan fingerprint density at radius 1 is 1.08 bits per heavy atom. The van der Waals surface area contributed by atoms with E-state index in [9.17, 15) is 0 Å². The van der Waals surface area contributed by atoms with E-state index < -0.39 is 0 Å². The number of likely N-dealkylation sites (tertiary alicyclic amines) is 1. The Morgan fingerprint density at radius 3 is 2.62 bits per heavy atom. The highest BCUT2D eigenvalue weighted by atomic mass is 15.1. The van der Waals surface area contributed by atoms with Gasteiger partial charge in [-0.3, -0.25) is 0 Å². The second kappa shape index (κ2) is 4.97. The van der Waals surface area contributed by atoms with Gasteiger partial charge in [-0.05, 0) is 58.3 Å². The van der Waals surface area contributed by atoms with E-state index in [1.165, 1.54) is 64.7 Å². The number of hydrogen-bond acceptors (Lipinski definition) is 2. The first-order valence-electron chi connectivity index (χ1n) is 5.91. The van der Waals surface area contributed by atoms with Crippen molar-refractivity contribution in [1.29, 1.82) is 0 Å². The molecule has 2 fully saturated rings. The molecule has 0 aromatic rings. The maximum absolute atomic E-state index is 3.62. The summed E-state index contributed by atoms with van der Waals surface area (Å²) in [6, 6.07) is 0.828. The third kappa shape index (κ3) is 2.96. The minimum atomic E-state index is 0.828. The number of rotatable bonds is 3. The third-order valence-corrected chi connectivity index (χ3v) is 3.40. The molecule has 2 nitrogen and oxygen atoms in total. The van der Waals surface area contributed by atoms with Crippen LogP contribution in [0.5, 0.6) is 0 Å². The molecule has 76 valence electrons. The van der Waals surface area contributed by atoms with Crippen LogP contribution in [0.3, 0.4) is 0 Å². The number of nitrogens with zero attached hydrogens (tertiary/aromatic N) is 1. The van der Waals surface area contributed by atoms with Gasteiger partial charge in [0.25, 0.3) is 0 Å². The first-order chi connectivity index (χ1) is 6.45. The summed E-state index contributed by atoms with van der Waals surface area (Å²) in [4.78, 5) is 2.62. The molecule has 0 radical (unpaired) electrons. The molecule has 2 heteroatoms. The van der Waals surface area contributed by atoms with Crippen molar-refractivity contribution in [2.75, 3.05) is 26.2 Å². The van der Waals surface area contributed by atoms with Crippen molar-refractivity contribution >= 4 is 0 Å². The third-order valence-electron chi connectivity index (χ3n) is 3.40. The summed E-state index contributed by atoms with van der Waals surface area (Å²) in [7, 11) is 0. The summed E-state index contributed by atoms with van der Waals surface area (Å²) in [5.74, 6) is 0. The van der Waals surface area contributed by atoms with Crippen molar-refractivity contribution in [3.05, 3.63) is 0 Å². The van der Waals surface area contributed by atoms with Gasteiger partial charge in [0, 0.05) is 6.04 Å². The Morgan fingerprint density at radius 2 is 1.92 bits per heavy atom. The second-order valence-electron chi connectivity index (χ2n) is 4.48. The summed E-state index contributed by atoms with van der Waals surface area (Å²) in [5.41, 5.74) is 0. The molecular weight excluding hydrogens is 160 g/mol. The molecule has 0 saturated carbocycles. The molecule has 0 bridgehead atoms. The van der Waals surface area contributed by atoms with Gasteiger partial charge in [0.15, 0.2) is 0 Å². The van der Waals surface area contributed by atoms with E-state index >= 15 is 0 Å². The van der Waals surface area contributed by atoms with Gasteiger partial charge in [-0.15, -0.1) is 0 Å². The van der Waals surface area contributed by atoms with E-state index in [1.54, 1.807) is 0 Å². The predicted molar refractivity (Wildman–Crippen MR) is 55.9 cm³/mol. The maximum atomic E-state index is 3.62. The molecule has 0 aromatic carbocycles. The van der Waals surface area contributed by atoms with Gasteiger partial charge in [0.05, 0.1) is 0 Å². The number of hydrogen-bond donors (Lipinski definition) is 1. The monoisotopic (exact) mass is 182 g/mol. The van der Waals surface area contributed by atoms with Gasteiger partial charge in [0.1, 0.15) is 0 Å². The molecule has 2 rings (SSSR count). The van der Waals surface area contributed by atoms with Crippen LogP contribution < -0.4 is 5.32 Å². The zero-order valence-electron chi connectivity index (χ0n) is 8.60. The Bertz CT molecular complexity index is 135. The first-order valence-corrected chi connectivity index (χ1v) is 5.91. The molecule has 0 aromatic heterocycles. The zero-order valence-corrected chi connectivity index (χ0v) is 8.60. The minimum absolute atomic E-state index is 0.828. The van der Waals surface area contributed by atoms with E-state index in [2.05, 4.69) is 10.2 Å². The lowest BCUT2D eigenvalue weighted by Crippen LogP contribution is -2.36. The van der Waals surface area contributed by atoms with Crippen LogP contribution in [-0.4, -0.2) is 37.1 Å². The van der Waals surface area contributed by atoms with Gasteiger partial charge in [-0.25, -0.2) is 0 Å². The smallest absolute Gasteiger partial charge is 0.00792 e.